The van der Waals surface area contributed by atoms with Crippen LogP contribution in [0, 0.1) is 5.92 Å². The molecule has 0 aliphatic heterocycles. The average Bonchev–Trinajstić information content (AvgIpc) is 2.47. The molecular formula is C13H26O7Si. The van der Waals surface area contributed by atoms with Crippen LogP contribution in [-0.2, 0) is 22.8 Å². The Labute approximate surface area is 126 Å². The zero-order chi connectivity index (χ0) is 16.3. The van der Waals surface area contributed by atoms with Crippen LogP contribution in [0.3, 0.4) is 0 Å². The van der Waals surface area contributed by atoms with E-state index in [9.17, 15) is 4.79 Å². The second-order valence-electron chi connectivity index (χ2n) is 4.72. The standard InChI is InChI=1S/C13H26O7Si/c1-11(2)13(16)18-9-12(3)10-21(17-4,19-7-5-14)20-8-6-15/h12,14-15H,1,5-10H2,2-4H3. The van der Waals surface area contributed by atoms with E-state index in [0.717, 1.165) is 0 Å². The van der Waals surface area contributed by atoms with E-state index in [1.807, 2.05) is 6.92 Å². The molecule has 0 rings (SSSR count). The first-order valence-electron chi connectivity index (χ1n) is 6.78. The fourth-order valence-corrected chi connectivity index (χ4v) is 4.09. The number of carbonyl (C=O) groups is 1. The van der Waals surface area contributed by atoms with Crippen molar-refractivity contribution >= 4 is 14.8 Å². The number of aliphatic hydroxyl groups is 2. The van der Waals surface area contributed by atoms with E-state index in [1.54, 1.807) is 6.92 Å². The van der Waals surface area contributed by atoms with Crippen LogP contribution < -0.4 is 0 Å². The van der Waals surface area contributed by atoms with Crippen LogP contribution >= 0.6 is 0 Å². The van der Waals surface area contributed by atoms with E-state index in [4.69, 9.17) is 28.2 Å². The number of hydrogen-bond acceptors (Lipinski definition) is 7. The first-order chi connectivity index (χ1) is 9.90. The molecule has 0 radical (unpaired) electrons. The van der Waals surface area contributed by atoms with Crippen molar-refractivity contribution in [2.45, 2.75) is 19.9 Å². The minimum atomic E-state index is -3.01. The van der Waals surface area contributed by atoms with Crippen LogP contribution in [-0.4, -0.2) is 65.1 Å². The lowest BCUT2D eigenvalue weighted by Gasteiger charge is -2.29. The van der Waals surface area contributed by atoms with Gasteiger partial charge in [-0.2, -0.15) is 0 Å². The monoisotopic (exact) mass is 322 g/mol. The summed E-state index contributed by atoms with van der Waals surface area (Å²) in [6.45, 7) is 7.02. The summed E-state index contributed by atoms with van der Waals surface area (Å²) in [5.41, 5.74) is 0.338. The molecular weight excluding hydrogens is 296 g/mol. The quantitative estimate of drug-likeness (QED) is 0.304. The van der Waals surface area contributed by atoms with E-state index in [-0.39, 0.29) is 39.0 Å². The second-order valence-corrected chi connectivity index (χ2v) is 7.48. The predicted octanol–water partition coefficient (Wildman–Crippen LogP) is 0.345. The largest absolute Gasteiger partial charge is 0.501 e. The number of ether oxygens (including phenoxy) is 1. The number of rotatable bonds is 12. The summed E-state index contributed by atoms with van der Waals surface area (Å²) in [6.07, 6.45) is 0. The molecule has 1 unspecified atom stereocenters. The van der Waals surface area contributed by atoms with E-state index in [1.165, 1.54) is 7.11 Å². The molecule has 0 saturated carbocycles. The van der Waals surface area contributed by atoms with Crippen LogP contribution in [0.1, 0.15) is 13.8 Å². The summed E-state index contributed by atoms with van der Waals surface area (Å²) >= 11 is 0. The van der Waals surface area contributed by atoms with E-state index < -0.39 is 14.8 Å². The third-order valence-electron chi connectivity index (χ3n) is 2.58. The molecule has 0 fully saturated rings. The summed E-state index contributed by atoms with van der Waals surface area (Å²) in [6, 6.07) is 0.410. The summed E-state index contributed by atoms with van der Waals surface area (Å²) < 4.78 is 21.5. The molecule has 1 atom stereocenters. The summed E-state index contributed by atoms with van der Waals surface area (Å²) in [4.78, 5) is 11.4. The molecule has 0 aromatic carbocycles. The van der Waals surface area contributed by atoms with E-state index in [0.29, 0.717) is 11.6 Å². The van der Waals surface area contributed by atoms with Gasteiger partial charge in [-0.3, -0.25) is 0 Å². The van der Waals surface area contributed by atoms with Gasteiger partial charge in [-0.15, -0.1) is 0 Å². The van der Waals surface area contributed by atoms with Crippen molar-refractivity contribution in [2.24, 2.45) is 5.92 Å². The fraction of sp³-hybridized carbons (Fsp3) is 0.769. The van der Waals surface area contributed by atoms with Gasteiger partial charge in [0.1, 0.15) is 0 Å². The maximum atomic E-state index is 11.4. The van der Waals surface area contributed by atoms with Crippen LogP contribution in [0.5, 0.6) is 0 Å². The van der Waals surface area contributed by atoms with Crippen molar-refractivity contribution in [3.63, 3.8) is 0 Å². The minimum absolute atomic E-state index is 0.0581. The van der Waals surface area contributed by atoms with Crippen molar-refractivity contribution in [1.29, 1.82) is 0 Å². The molecule has 0 heterocycles. The molecule has 0 aromatic rings. The molecule has 0 aromatic heterocycles. The van der Waals surface area contributed by atoms with Gasteiger partial charge in [-0.25, -0.2) is 4.79 Å². The van der Waals surface area contributed by atoms with Gasteiger partial charge < -0.3 is 28.2 Å². The van der Waals surface area contributed by atoms with Crippen molar-refractivity contribution in [3.8, 4) is 0 Å². The van der Waals surface area contributed by atoms with Gasteiger partial charge >= 0.3 is 14.8 Å². The Morgan fingerprint density at radius 3 is 2.14 bits per heavy atom. The molecule has 0 amide bonds. The van der Waals surface area contributed by atoms with E-state index in [2.05, 4.69) is 6.58 Å². The molecule has 2 N–H and O–H groups in total. The normalized spacial score (nSPS) is 13.0. The lowest BCUT2D eigenvalue weighted by Crippen LogP contribution is -2.48. The molecule has 7 nitrogen and oxygen atoms in total. The first-order valence-corrected chi connectivity index (χ1v) is 8.71. The fourth-order valence-electron chi connectivity index (χ4n) is 1.59. The molecule has 0 saturated heterocycles. The Balaban J connectivity index is 4.54. The van der Waals surface area contributed by atoms with Crippen LogP contribution in [0.4, 0.5) is 0 Å². The highest BCUT2D eigenvalue weighted by Gasteiger charge is 2.41. The van der Waals surface area contributed by atoms with Gasteiger partial charge in [0.2, 0.25) is 0 Å². The van der Waals surface area contributed by atoms with Gasteiger partial charge in [0.05, 0.1) is 33.0 Å². The second kappa shape index (κ2) is 10.9. The smallest absolute Gasteiger partial charge is 0.462 e. The van der Waals surface area contributed by atoms with Gasteiger partial charge in [-0.1, -0.05) is 13.5 Å². The highest BCUT2D eigenvalue weighted by Crippen LogP contribution is 2.21. The van der Waals surface area contributed by atoms with Crippen molar-refractivity contribution < 1.29 is 33.0 Å². The maximum absolute atomic E-state index is 11.4. The lowest BCUT2D eigenvalue weighted by atomic mass is 10.2. The van der Waals surface area contributed by atoms with Crippen molar-refractivity contribution in [1.82, 2.24) is 0 Å². The number of carbonyl (C=O) groups excluding carboxylic acids is 1. The van der Waals surface area contributed by atoms with Crippen molar-refractivity contribution in [2.75, 3.05) is 40.1 Å². The molecule has 0 aliphatic rings. The molecule has 0 aliphatic carbocycles. The molecule has 0 bridgehead atoms. The highest BCUT2D eigenvalue weighted by atomic mass is 28.4. The minimum Gasteiger partial charge on any atom is -0.462 e. The Kier molecular flexibility index (Phi) is 10.5. The molecule has 0 spiro atoms. The Hall–Kier alpha value is -0.773. The maximum Gasteiger partial charge on any atom is 0.501 e. The SMILES string of the molecule is C=C(C)C(=O)OCC(C)C[Si](OC)(OCCO)OCCO. The van der Waals surface area contributed by atoms with Crippen LogP contribution in [0.15, 0.2) is 12.2 Å². The van der Waals surface area contributed by atoms with Gasteiger partial charge in [0, 0.05) is 18.7 Å². The Bertz CT molecular complexity index is 314. The lowest BCUT2D eigenvalue weighted by molar-refractivity contribution is -0.140. The topological polar surface area (TPSA) is 94.5 Å². The third kappa shape index (κ3) is 8.30. The van der Waals surface area contributed by atoms with Crippen molar-refractivity contribution in [3.05, 3.63) is 12.2 Å². The Morgan fingerprint density at radius 2 is 1.76 bits per heavy atom. The van der Waals surface area contributed by atoms with Gasteiger partial charge in [-0.05, 0) is 12.8 Å². The number of aliphatic hydroxyl groups excluding tert-OH is 2. The number of hydrogen-bond donors (Lipinski definition) is 2. The highest BCUT2D eigenvalue weighted by molar-refractivity contribution is 6.60. The van der Waals surface area contributed by atoms with Crippen LogP contribution in [0.25, 0.3) is 0 Å². The van der Waals surface area contributed by atoms with Crippen LogP contribution in [0.2, 0.25) is 6.04 Å². The van der Waals surface area contributed by atoms with E-state index >= 15 is 0 Å². The third-order valence-corrected chi connectivity index (χ3v) is 5.69. The summed E-state index contributed by atoms with van der Waals surface area (Å²) in [5.74, 6) is -0.503. The molecule has 21 heavy (non-hydrogen) atoms. The van der Waals surface area contributed by atoms with Gasteiger partial charge in [0.25, 0.3) is 0 Å². The molecule has 8 heteroatoms. The zero-order valence-electron chi connectivity index (χ0n) is 13.0. The predicted molar refractivity (Wildman–Crippen MR) is 78.6 cm³/mol. The molecule has 124 valence electrons. The summed E-state index contributed by atoms with van der Waals surface area (Å²) in [5, 5.41) is 17.8. The Morgan fingerprint density at radius 1 is 1.24 bits per heavy atom. The first kappa shape index (κ1) is 20.2. The average molecular weight is 322 g/mol. The summed E-state index contributed by atoms with van der Waals surface area (Å²) in [7, 11) is -1.54. The zero-order valence-corrected chi connectivity index (χ0v) is 14.0. The van der Waals surface area contributed by atoms with Gasteiger partial charge in [0.15, 0.2) is 0 Å². The number of esters is 1.